The maximum absolute atomic E-state index is 12.0. The van der Waals surface area contributed by atoms with Crippen LogP contribution in [0.3, 0.4) is 0 Å². The Morgan fingerprint density at radius 1 is 0.957 bits per heavy atom. The van der Waals surface area contributed by atoms with Crippen molar-refractivity contribution in [2.75, 3.05) is 32.1 Å². The smallest absolute Gasteiger partial charge is 0.374 e. The fourth-order valence-electron chi connectivity index (χ4n) is 2.05. The molecule has 0 amide bonds. The maximum Gasteiger partial charge on any atom is 0.500 e. The summed E-state index contributed by atoms with van der Waals surface area (Å²) in [5, 5.41) is 0. The topological polar surface area (TPSA) is 73.9 Å². The van der Waals surface area contributed by atoms with E-state index in [0.717, 1.165) is 0 Å². The molecule has 140 valence electrons. The minimum atomic E-state index is -3.23. The quantitative estimate of drug-likeness (QED) is 0.399. The van der Waals surface area contributed by atoms with Crippen molar-refractivity contribution < 1.29 is 21.7 Å². The van der Waals surface area contributed by atoms with E-state index in [-0.39, 0.29) is 11.2 Å². The van der Waals surface area contributed by atoms with Gasteiger partial charge in [-0.1, -0.05) is 20.8 Å². The van der Waals surface area contributed by atoms with Gasteiger partial charge in [0, 0.05) is 32.4 Å². The third-order valence-corrected chi connectivity index (χ3v) is 7.73. The van der Waals surface area contributed by atoms with Gasteiger partial charge in [-0.05, 0) is 39.0 Å². The lowest BCUT2D eigenvalue weighted by Gasteiger charge is -2.28. The molecule has 0 fully saturated rings. The van der Waals surface area contributed by atoms with Gasteiger partial charge in [-0.2, -0.15) is 0 Å². The first-order valence-electron chi connectivity index (χ1n) is 8.49. The molecule has 0 unspecified atom stereocenters. The minimum absolute atomic E-state index is 0.00964. The fourth-order valence-corrected chi connectivity index (χ4v) is 6.14. The van der Waals surface area contributed by atoms with E-state index in [9.17, 15) is 8.42 Å². The molecule has 8 heteroatoms. The zero-order valence-corrected chi connectivity index (χ0v) is 17.4. The monoisotopic (exact) mass is 369 g/mol. The van der Waals surface area contributed by atoms with E-state index < -0.39 is 18.8 Å². The van der Waals surface area contributed by atoms with Crippen molar-refractivity contribution in [3.8, 4) is 0 Å². The Morgan fingerprint density at radius 3 is 1.83 bits per heavy atom. The molecule has 0 saturated carbocycles. The normalized spacial score (nSPS) is 13.5. The second kappa shape index (κ2) is 10.8. The highest BCUT2D eigenvalue weighted by molar-refractivity contribution is 7.89. The summed E-state index contributed by atoms with van der Waals surface area (Å²) in [4.78, 5) is 0. The number of hydrogen-bond donors (Lipinski definition) is 1. The van der Waals surface area contributed by atoms with E-state index in [1.54, 1.807) is 0 Å². The third kappa shape index (κ3) is 11.2. The molecule has 0 aromatic rings. The number of rotatable bonds is 13. The summed E-state index contributed by atoms with van der Waals surface area (Å²) in [6.45, 7) is 13.8. The predicted octanol–water partition coefficient (Wildman–Crippen LogP) is 2.78. The predicted molar refractivity (Wildman–Crippen MR) is 95.9 cm³/mol. The molecule has 0 rings (SSSR count). The van der Waals surface area contributed by atoms with Crippen molar-refractivity contribution in [2.24, 2.45) is 5.41 Å². The Morgan fingerprint density at radius 2 is 1.43 bits per heavy atom. The Labute approximate surface area is 143 Å². The zero-order valence-electron chi connectivity index (χ0n) is 15.6. The standard InChI is InChI=1S/C15H35NO5SSi/c1-7-19-23(20-8-2,21-9-3)14-10-12-16-22(17,18)13-11-15(4,5)6/h16H,7-14H2,1-6H3. The first kappa shape index (κ1) is 23.0. The van der Waals surface area contributed by atoms with Gasteiger partial charge in [0.25, 0.3) is 0 Å². The molecule has 0 aromatic heterocycles. The second-order valence-electron chi connectivity index (χ2n) is 6.61. The van der Waals surface area contributed by atoms with Gasteiger partial charge in [0.05, 0.1) is 5.75 Å². The van der Waals surface area contributed by atoms with Crippen LogP contribution in [0.5, 0.6) is 0 Å². The van der Waals surface area contributed by atoms with Crippen LogP contribution in [-0.2, 0) is 23.3 Å². The largest absolute Gasteiger partial charge is 0.500 e. The summed E-state index contributed by atoms with van der Waals surface area (Å²) in [7, 11) is -5.90. The number of nitrogens with one attached hydrogen (secondary N) is 1. The fraction of sp³-hybridized carbons (Fsp3) is 1.00. The van der Waals surface area contributed by atoms with Gasteiger partial charge in [-0.25, -0.2) is 13.1 Å². The van der Waals surface area contributed by atoms with Crippen LogP contribution in [0.25, 0.3) is 0 Å². The van der Waals surface area contributed by atoms with Crippen molar-refractivity contribution in [3.05, 3.63) is 0 Å². The van der Waals surface area contributed by atoms with E-state index in [4.69, 9.17) is 13.3 Å². The highest BCUT2D eigenvalue weighted by atomic mass is 32.2. The van der Waals surface area contributed by atoms with Crippen LogP contribution < -0.4 is 4.72 Å². The Hall–Kier alpha value is 0.00688. The van der Waals surface area contributed by atoms with Crippen molar-refractivity contribution in [1.82, 2.24) is 4.72 Å². The Kier molecular flexibility index (Phi) is 10.8. The molecule has 0 aliphatic heterocycles. The summed E-state index contributed by atoms with van der Waals surface area (Å²) in [5.74, 6) is 0.154. The lowest BCUT2D eigenvalue weighted by molar-refractivity contribution is 0.0709. The maximum atomic E-state index is 12.0. The summed E-state index contributed by atoms with van der Waals surface area (Å²) >= 11 is 0. The SMILES string of the molecule is CCO[Si](CCCNS(=O)(=O)CCC(C)(C)C)(OCC)OCC. The molecule has 0 spiro atoms. The molecule has 0 saturated heterocycles. The van der Waals surface area contributed by atoms with Crippen molar-refractivity contribution in [3.63, 3.8) is 0 Å². The molecule has 0 radical (unpaired) electrons. The summed E-state index contributed by atoms with van der Waals surface area (Å²) in [6.07, 6.45) is 1.28. The average molecular weight is 370 g/mol. The molecular formula is C15H35NO5SSi. The molecule has 1 N–H and O–H groups in total. The molecular weight excluding hydrogens is 334 g/mol. The van der Waals surface area contributed by atoms with Crippen LogP contribution in [-0.4, -0.2) is 49.3 Å². The summed E-state index contributed by atoms with van der Waals surface area (Å²) < 4.78 is 43.9. The van der Waals surface area contributed by atoms with E-state index in [2.05, 4.69) is 4.72 Å². The molecule has 0 aromatic carbocycles. The highest BCUT2D eigenvalue weighted by Crippen LogP contribution is 2.20. The van der Waals surface area contributed by atoms with Crippen LogP contribution in [0.15, 0.2) is 0 Å². The van der Waals surface area contributed by atoms with Crippen LogP contribution in [0.1, 0.15) is 54.4 Å². The van der Waals surface area contributed by atoms with Gasteiger partial charge >= 0.3 is 8.80 Å². The van der Waals surface area contributed by atoms with E-state index in [1.807, 2.05) is 41.5 Å². The summed E-state index contributed by atoms with van der Waals surface area (Å²) in [5.41, 5.74) is 0.00964. The third-order valence-electron chi connectivity index (χ3n) is 3.20. The van der Waals surface area contributed by atoms with E-state index >= 15 is 0 Å². The average Bonchev–Trinajstić information content (AvgIpc) is 2.42. The summed E-state index contributed by atoms with van der Waals surface area (Å²) in [6, 6.07) is 0.615. The molecule has 0 heterocycles. The lowest BCUT2D eigenvalue weighted by Crippen LogP contribution is -2.46. The Bertz CT molecular complexity index is 392. The van der Waals surface area contributed by atoms with Crippen LogP contribution >= 0.6 is 0 Å². The highest BCUT2D eigenvalue weighted by Gasteiger charge is 2.39. The molecule has 6 nitrogen and oxygen atoms in total. The van der Waals surface area contributed by atoms with Gasteiger partial charge in [-0.3, -0.25) is 0 Å². The van der Waals surface area contributed by atoms with Gasteiger partial charge in [0.15, 0.2) is 0 Å². The van der Waals surface area contributed by atoms with Crippen molar-refractivity contribution in [2.45, 2.75) is 60.4 Å². The molecule has 0 atom stereocenters. The molecule has 0 aliphatic carbocycles. The second-order valence-corrected chi connectivity index (χ2v) is 11.3. The van der Waals surface area contributed by atoms with Crippen LogP contribution in [0, 0.1) is 5.41 Å². The van der Waals surface area contributed by atoms with Crippen LogP contribution in [0.2, 0.25) is 6.04 Å². The number of sulfonamides is 1. The van der Waals surface area contributed by atoms with E-state index in [0.29, 0.717) is 45.3 Å². The van der Waals surface area contributed by atoms with Gasteiger partial charge in [0.2, 0.25) is 10.0 Å². The van der Waals surface area contributed by atoms with Crippen LogP contribution in [0.4, 0.5) is 0 Å². The van der Waals surface area contributed by atoms with Crippen molar-refractivity contribution in [1.29, 1.82) is 0 Å². The number of hydrogen-bond acceptors (Lipinski definition) is 5. The zero-order chi connectivity index (χ0) is 18.0. The van der Waals surface area contributed by atoms with Crippen molar-refractivity contribution >= 4 is 18.8 Å². The lowest BCUT2D eigenvalue weighted by atomic mass is 9.94. The first-order chi connectivity index (χ1) is 10.6. The Balaban J connectivity index is 4.37. The van der Waals surface area contributed by atoms with Gasteiger partial charge in [-0.15, -0.1) is 0 Å². The molecule has 23 heavy (non-hydrogen) atoms. The van der Waals surface area contributed by atoms with Gasteiger partial charge < -0.3 is 13.3 Å². The molecule has 0 aliphatic rings. The van der Waals surface area contributed by atoms with Gasteiger partial charge in [0.1, 0.15) is 0 Å². The molecule has 0 bridgehead atoms. The minimum Gasteiger partial charge on any atom is -0.374 e. The first-order valence-corrected chi connectivity index (χ1v) is 12.1. The van der Waals surface area contributed by atoms with E-state index in [1.165, 1.54) is 0 Å².